The fourth-order valence-corrected chi connectivity index (χ4v) is 7.56. The van der Waals surface area contributed by atoms with Gasteiger partial charge in [0.1, 0.15) is 0 Å². The molecule has 1 aliphatic heterocycles. The van der Waals surface area contributed by atoms with Gasteiger partial charge in [0, 0.05) is 16.8 Å². The van der Waals surface area contributed by atoms with Crippen LogP contribution in [0.15, 0.2) is 0 Å². The van der Waals surface area contributed by atoms with E-state index in [1.54, 1.807) is 0 Å². The van der Waals surface area contributed by atoms with Crippen molar-refractivity contribution in [3.05, 3.63) is 0 Å². The van der Waals surface area contributed by atoms with Crippen LogP contribution in [-0.4, -0.2) is 34.6 Å². The second kappa shape index (κ2) is 7.62. The number of hydrogen-bond donors (Lipinski definition) is 2. The first-order valence-corrected chi connectivity index (χ1v) is 11.2. The van der Waals surface area contributed by atoms with Crippen LogP contribution in [0.1, 0.15) is 64.2 Å². The Bertz CT molecular complexity index is 402. The summed E-state index contributed by atoms with van der Waals surface area (Å²) in [5.41, 5.74) is 0. The third-order valence-electron chi connectivity index (χ3n) is 7.75. The van der Waals surface area contributed by atoms with Crippen LogP contribution in [0, 0.1) is 29.6 Å². The lowest BCUT2D eigenvalue weighted by atomic mass is 9.53. The number of nitrogens with one attached hydrogen (secondary N) is 1. The maximum Gasteiger partial charge on any atom is 0.0726 e. The SMILES string of the molecule is OC(C1CCCCN1)C1C2CCCC(Cl)C2CC2C(Cl)CCCC21. The zero-order chi connectivity index (χ0) is 16.7. The van der Waals surface area contributed by atoms with Crippen LogP contribution in [0.5, 0.6) is 0 Å². The van der Waals surface area contributed by atoms with Gasteiger partial charge in [0.2, 0.25) is 0 Å². The highest BCUT2D eigenvalue weighted by Gasteiger charge is 2.53. The van der Waals surface area contributed by atoms with Crippen LogP contribution in [0.2, 0.25) is 0 Å². The lowest BCUT2D eigenvalue weighted by Gasteiger charge is -2.56. The summed E-state index contributed by atoms with van der Waals surface area (Å²) in [6.07, 6.45) is 11.9. The Morgan fingerprint density at radius 3 is 1.92 bits per heavy atom. The highest BCUT2D eigenvalue weighted by molar-refractivity contribution is 6.21. The van der Waals surface area contributed by atoms with Crippen molar-refractivity contribution in [3.8, 4) is 0 Å². The molecule has 0 aromatic carbocycles. The molecule has 0 amide bonds. The van der Waals surface area contributed by atoms with E-state index in [0.717, 1.165) is 25.8 Å². The summed E-state index contributed by atoms with van der Waals surface area (Å²) in [6.45, 7) is 1.06. The Kier molecular flexibility index (Phi) is 5.68. The van der Waals surface area contributed by atoms with Crippen LogP contribution in [-0.2, 0) is 0 Å². The van der Waals surface area contributed by atoms with Crippen molar-refractivity contribution >= 4 is 23.2 Å². The van der Waals surface area contributed by atoms with Gasteiger partial charge < -0.3 is 10.4 Å². The molecule has 3 aliphatic carbocycles. The number of aliphatic hydroxyl groups excluding tert-OH is 1. The second-order valence-corrected chi connectivity index (χ2v) is 10.0. The molecule has 138 valence electrons. The van der Waals surface area contributed by atoms with Crippen LogP contribution in [0.4, 0.5) is 0 Å². The number of hydrogen-bond acceptors (Lipinski definition) is 2. The molecule has 3 saturated carbocycles. The van der Waals surface area contributed by atoms with Crippen molar-refractivity contribution in [2.75, 3.05) is 6.54 Å². The number of rotatable bonds is 2. The van der Waals surface area contributed by atoms with Gasteiger partial charge in [-0.2, -0.15) is 0 Å². The summed E-state index contributed by atoms with van der Waals surface area (Å²) in [4.78, 5) is 0. The van der Waals surface area contributed by atoms with Crippen molar-refractivity contribution in [2.24, 2.45) is 29.6 Å². The van der Waals surface area contributed by atoms with E-state index in [0.29, 0.717) is 40.3 Å². The molecule has 4 fully saturated rings. The topological polar surface area (TPSA) is 32.3 Å². The summed E-state index contributed by atoms with van der Waals surface area (Å²) in [5.74, 6) is 2.78. The maximum absolute atomic E-state index is 11.4. The standard InChI is InChI=1S/C20H33Cl2NO/c21-16-7-3-5-12-14(16)11-15-13(6-4-8-17(15)22)19(12)20(24)18-9-1-2-10-23-18/h12-20,23-24H,1-11H2. The third-order valence-corrected chi connectivity index (χ3v) is 8.84. The van der Waals surface area contributed by atoms with E-state index < -0.39 is 0 Å². The zero-order valence-electron chi connectivity index (χ0n) is 14.7. The molecule has 0 radical (unpaired) electrons. The maximum atomic E-state index is 11.4. The molecule has 2 N–H and O–H groups in total. The van der Waals surface area contributed by atoms with Gasteiger partial charge >= 0.3 is 0 Å². The van der Waals surface area contributed by atoms with Gasteiger partial charge in [-0.1, -0.05) is 19.3 Å². The third kappa shape index (κ3) is 3.26. The molecule has 24 heavy (non-hydrogen) atoms. The smallest absolute Gasteiger partial charge is 0.0726 e. The highest BCUT2D eigenvalue weighted by Crippen LogP contribution is 2.56. The Labute approximate surface area is 157 Å². The molecule has 8 atom stereocenters. The quantitative estimate of drug-likeness (QED) is 0.695. The predicted molar refractivity (Wildman–Crippen MR) is 101 cm³/mol. The van der Waals surface area contributed by atoms with Crippen molar-refractivity contribution in [3.63, 3.8) is 0 Å². The largest absolute Gasteiger partial charge is 0.391 e. The summed E-state index contributed by atoms with van der Waals surface area (Å²) in [5, 5.41) is 15.6. The summed E-state index contributed by atoms with van der Waals surface area (Å²) in [6, 6.07) is 0.287. The molecule has 0 bridgehead atoms. The Morgan fingerprint density at radius 2 is 1.38 bits per heavy atom. The Hall–Kier alpha value is 0.500. The average molecular weight is 374 g/mol. The van der Waals surface area contributed by atoms with Crippen LogP contribution in [0.25, 0.3) is 0 Å². The summed E-state index contributed by atoms with van der Waals surface area (Å²) in [7, 11) is 0. The van der Waals surface area contributed by atoms with Gasteiger partial charge in [0.05, 0.1) is 6.10 Å². The van der Waals surface area contributed by atoms with Crippen molar-refractivity contribution < 1.29 is 5.11 Å². The molecule has 0 aromatic heterocycles. The van der Waals surface area contributed by atoms with E-state index in [2.05, 4.69) is 5.32 Å². The van der Waals surface area contributed by atoms with Crippen molar-refractivity contribution in [1.29, 1.82) is 0 Å². The molecule has 4 aliphatic rings. The number of alkyl halides is 2. The molecule has 1 saturated heterocycles. The fraction of sp³-hybridized carbons (Fsp3) is 1.00. The lowest BCUT2D eigenvalue weighted by molar-refractivity contribution is -0.0847. The first-order valence-electron chi connectivity index (χ1n) is 10.4. The molecule has 0 spiro atoms. The van der Waals surface area contributed by atoms with Gasteiger partial charge in [-0.3, -0.25) is 0 Å². The minimum Gasteiger partial charge on any atom is -0.391 e. The monoisotopic (exact) mass is 373 g/mol. The highest BCUT2D eigenvalue weighted by atomic mass is 35.5. The molecule has 4 rings (SSSR count). The van der Waals surface area contributed by atoms with Gasteiger partial charge in [-0.15, -0.1) is 23.2 Å². The molecule has 4 heteroatoms. The van der Waals surface area contributed by atoms with Crippen molar-refractivity contribution in [2.45, 2.75) is 87.1 Å². The van der Waals surface area contributed by atoms with Gasteiger partial charge in [-0.05, 0) is 81.1 Å². The van der Waals surface area contributed by atoms with E-state index in [9.17, 15) is 5.11 Å². The van der Waals surface area contributed by atoms with E-state index >= 15 is 0 Å². The van der Waals surface area contributed by atoms with E-state index in [1.165, 1.54) is 44.9 Å². The van der Waals surface area contributed by atoms with Gasteiger partial charge in [-0.25, -0.2) is 0 Å². The number of aliphatic hydroxyl groups is 1. The molecule has 1 heterocycles. The number of fused-ring (bicyclic) bond motifs is 2. The molecule has 0 aromatic rings. The van der Waals surface area contributed by atoms with Crippen LogP contribution < -0.4 is 5.32 Å². The van der Waals surface area contributed by atoms with E-state index in [-0.39, 0.29) is 12.1 Å². The van der Waals surface area contributed by atoms with Crippen LogP contribution in [0.3, 0.4) is 0 Å². The molecular formula is C20H33Cl2NO. The number of halogens is 2. The predicted octanol–water partition coefficient (Wildman–Crippen LogP) is 4.56. The minimum absolute atomic E-state index is 0.213. The first kappa shape index (κ1) is 17.9. The normalized spacial score (nSPS) is 50.6. The number of piperidine rings is 1. The zero-order valence-corrected chi connectivity index (χ0v) is 16.2. The fourth-order valence-electron chi connectivity index (χ4n) is 6.67. The van der Waals surface area contributed by atoms with Crippen LogP contribution >= 0.6 is 23.2 Å². The Morgan fingerprint density at radius 1 is 0.750 bits per heavy atom. The van der Waals surface area contributed by atoms with E-state index in [1.807, 2.05) is 0 Å². The van der Waals surface area contributed by atoms with Gasteiger partial charge in [0.15, 0.2) is 0 Å². The first-order chi connectivity index (χ1) is 11.7. The average Bonchev–Trinajstić information content (AvgIpc) is 2.61. The van der Waals surface area contributed by atoms with E-state index in [4.69, 9.17) is 23.2 Å². The molecular weight excluding hydrogens is 341 g/mol. The summed E-state index contributed by atoms with van der Waals surface area (Å²) >= 11 is 13.6. The Balaban J connectivity index is 1.61. The second-order valence-electron chi connectivity index (χ2n) is 8.91. The van der Waals surface area contributed by atoms with Crippen molar-refractivity contribution in [1.82, 2.24) is 5.32 Å². The molecule has 8 unspecified atom stereocenters. The summed E-state index contributed by atoms with van der Waals surface area (Å²) < 4.78 is 0. The lowest BCUT2D eigenvalue weighted by Crippen LogP contribution is -2.57. The molecule has 2 nitrogen and oxygen atoms in total. The van der Waals surface area contributed by atoms with Gasteiger partial charge in [0.25, 0.3) is 0 Å². The minimum atomic E-state index is -0.213.